The first-order chi connectivity index (χ1) is 6.09. The lowest BCUT2D eigenvalue weighted by atomic mass is 10.0. The maximum atomic E-state index is 4.59. The zero-order valence-electron chi connectivity index (χ0n) is 7.74. The standard InChI is InChI=1S/C11H12S2/c1-11(2,12)9-7-13-10-6-4-3-5-8(9)10/h3-7,12H,1-2H3. The van der Waals surface area contributed by atoms with Crippen molar-refractivity contribution < 1.29 is 0 Å². The minimum absolute atomic E-state index is 0.0421. The molecule has 0 bridgehead atoms. The minimum Gasteiger partial charge on any atom is -0.168 e. The fourth-order valence-electron chi connectivity index (χ4n) is 1.45. The van der Waals surface area contributed by atoms with Gasteiger partial charge in [-0.2, -0.15) is 12.6 Å². The Hall–Kier alpha value is -0.470. The molecule has 1 aromatic carbocycles. The van der Waals surface area contributed by atoms with Crippen LogP contribution < -0.4 is 0 Å². The zero-order chi connectivity index (χ0) is 9.47. The molecule has 0 N–H and O–H groups in total. The smallest absolute Gasteiger partial charge is 0.0346 e. The second kappa shape index (κ2) is 3.03. The first-order valence-corrected chi connectivity index (χ1v) is 5.61. The monoisotopic (exact) mass is 208 g/mol. The van der Waals surface area contributed by atoms with E-state index in [0.29, 0.717) is 0 Å². The van der Waals surface area contributed by atoms with Crippen LogP contribution in [0, 0.1) is 0 Å². The summed E-state index contributed by atoms with van der Waals surface area (Å²) in [5, 5.41) is 3.55. The predicted molar refractivity (Wildman–Crippen MR) is 63.8 cm³/mol. The van der Waals surface area contributed by atoms with E-state index in [1.54, 1.807) is 11.3 Å². The van der Waals surface area contributed by atoms with Crippen LogP contribution in [0.2, 0.25) is 0 Å². The van der Waals surface area contributed by atoms with Crippen molar-refractivity contribution in [3.8, 4) is 0 Å². The number of hydrogen-bond acceptors (Lipinski definition) is 2. The predicted octanol–water partition coefficient (Wildman–Crippen LogP) is 4.07. The average molecular weight is 208 g/mol. The summed E-state index contributed by atoms with van der Waals surface area (Å²) in [4.78, 5) is 0. The van der Waals surface area contributed by atoms with Crippen LogP contribution in [0.1, 0.15) is 19.4 Å². The second-order valence-electron chi connectivity index (χ2n) is 3.70. The van der Waals surface area contributed by atoms with Crippen LogP contribution in [0.25, 0.3) is 10.1 Å². The first-order valence-electron chi connectivity index (χ1n) is 4.28. The van der Waals surface area contributed by atoms with E-state index in [4.69, 9.17) is 0 Å². The Bertz CT molecular complexity index is 421. The third kappa shape index (κ3) is 1.61. The van der Waals surface area contributed by atoms with Crippen molar-refractivity contribution in [2.75, 3.05) is 0 Å². The lowest BCUT2D eigenvalue weighted by Crippen LogP contribution is -2.05. The number of thiol groups is 1. The molecule has 0 saturated carbocycles. The van der Waals surface area contributed by atoms with E-state index >= 15 is 0 Å². The zero-order valence-corrected chi connectivity index (χ0v) is 9.45. The van der Waals surface area contributed by atoms with Crippen LogP contribution in [0.4, 0.5) is 0 Å². The highest BCUT2D eigenvalue weighted by Gasteiger charge is 2.18. The highest BCUT2D eigenvalue weighted by molar-refractivity contribution is 7.81. The van der Waals surface area contributed by atoms with E-state index in [9.17, 15) is 0 Å². The van der Waals surface area contributed by atoms with E-state index in [2.05, 4.69) is 56.1 Å². The molecule has 1 aromatic heterocycles. The van der Waals surface area contributed by atoms with Crippen LogP contribution in [-0.4, -0.2) is 0 Å². The molecule has 0 amide bonds. The maximum Gasteiger partial charge on any atom is 0.0346 e. The second-order valence-corrected chi connectivity index (χ2v) is 5.73. The van der Waals surface area contributed by atoms with Gasteiger partial charge < -0.3 is 0 Å². The Morgan fingerprint density at radius 2 is 1.92 bits per heavy atom. The van der Waals surface area contributed by atoms with E-state index in [1.165, 1.54) is 15.6 Å². The van der Waals surface area contributed by atoms with Gasteiger partial charge in [-0.15, -0.1) is 11.3 Å². The molecule has 0 atom stereocenters. The molecule has 2 heteroatoms. The highest BCUT2D eigenvalue weighted by atomic mass is 32.1. The third-order valence-corrected chi connectivity index (χ3v) is 3.34. The van der Waals surface area contributed by atoms with Gasteiger partial charge in [0.05, 0.1) is 0 Å². The molecule has 2 aromatic rings. The van der Waals surface area contributed by atoms with Gasteiger partial charge in [0.15, 0.2) is 0 Å². The van der Waals surface area contributed by atoms with Crippen molar-refractivity contribution in [3.63, 3.8) is 0 Å². The molecule has 13 heavy (non-hydrogen) atoms. The Morgan fingerprint density at radius 1 is 1.23 bits per heavy atom. The Kier molecular flexibility index (Phi) is 2.12. The fraction of sp³-hybridized carbons (Fsp3) is 0.273. The average Bonchev–Trinajstić information content (AvgIpc) is 2.45. The molecule has 0 radical (unpaired) electrons. The summed E-state index contributed by atoms with van der Waals surface area (Å²) in [6, 6.07) is 8.48. The van der Waals surface area contributed by atoms with Gasteiger partial charge in [-0.3, -0.25) is 0 Å². The topological polar surface area (TPSA) is 0 Å². The molecule has 0 fully saturated rings. The summed E-state index contributed by atoms with van der Waals surface area (Å²) in [6.45, 7) is 4.26. The van der Waals surface area contributed by atoms with Crippen LogP contribution >= 0.6 is 24.0 Å². The summed E-state index contributed by atoms with van der Waals surface area (Å²) in [6.07, 6.45) is 0. The van der Waals surface area contributed by atoms with Gasteiger partial charge >= 0.3 is 0 Å². The lowest BCUT2D eigenvalue weighted by molar-refractivity contribution is 0.803. The van der Waals surface area contributed by atoms with Crippen molar-refractivity contribution in [3.05, 3.63) is 35.2 Å². The Morgan fingerprint density at radius 3 is 2.62 bits per heavy atom. The lowest BCUT2D eigenvalue weighted by Gasteiger charge is -2.16. The molecule has 1 heterocycles. The van der Waals surface area contributed by atoms with Crippen LogP contribution in [0.5, 0.6) is 0 Å². The summed E-state index contributed by atoms with van der Waals surface area (Å²) in [5.74, 6) is 0. The molecule has 0 spiro atoms. The molecule has 0 aliphatic carbocycles. The Balaban J connectivity index is 2.72. The van der Waals surface area contributed by atoms with Crippen LogP contribution in [0.3, 0.4) is 0 Å². The van der Waals surface area contributed by atoms with Gasteiger partial charge in [-0.1, -0.05) is 18.2 Å². The normalized spacial score (nSPS) is 12.2. The molecule has 0 aliphatic rings. The quantitative estimate of drug-likeness (QED) is 0.671. The van der Waals surface area contributed by atoms with Gasteiger partial charge in [-0.05, 0) is 36.2 Å². The minimum atomic E-state index is -0.0421. The van der Waals surface area contributed by atoms with E-state index in [-0.39, 0.29) is 4.75 Å². The molecular weight excluding hydrogens is 196 g/mol. The number of thiophene rings is 1. The molecular formula is C11H12S2. The SMILES string of the molecule is CC(C)(S)c1csc2ccccc12. The van der Waals surface area contributed by atoms with Crippen molar-refractivity contribution in [2.45, 2.75) is 18.6 Å². The van der Waals surface area contributed by atoms with Gasteiger partial charge in [0.25, 0.3) is 0 Å². The van der Waals surface area contributed by atoms with E-state index in [1.807, 2.05) is 0 Å². The third-order valence-electron chi connectivity index (χ3n) is 2.14. The van der Waals surface area contributed by atoms with Gasteiger partial charge in [0.1, 0.15) is 0 Å². The van der Waals surface area contributed by atoms with Crippen molar-refractivity contribution in [1.29, 1.82) is 0 Å². The van der Waals surface area contributed by atoms with E-state index in [0.717, 1.165) is 0 Å². The van der Waals surface area contributed by atoms with Gasteiger partial charge in [0.2, 0.25) is 0 Å². The Labute approximate surface area is 88.0 Å². The van der Waals surface area contributed by atoms with E-state index < -0.39 is 0 Å². The first kappa shape index (κ1) is 9.10. The van der Waals surface area contributed by atoms with Gasteiger partial charge in [-0.25, -0.2) is 0 Å². The molecule has 68 valence electrons. The molecule has 0 nitrogen and oxygen atoms in total. The number of rotatable bonds is 1. The maximum absolute atomic E-state index is 4.59. The summed E-state index contributed by atoms with van der Waals surface area (Å²) in [7, 11) is 0. The largest absolute Gasteiger partial charge is 0.168 e. The molecule has 2 rings (SSSR count). The fourth-order valence-corrected chi connectivity index (χ4v) is 2.85. The van der Waals surface area contributed by atoms with Gasteiger partial charge in [0, 0.05) is 9.45 Å². The number of hydrogen-bond donors (Lipinski definition) is 1. The number of fused-ring (bicyclic) bond motifs is 1. The number of benzene rings is 1. The van der Waals surface area contributed by atoms with Crippen molar-refractivity contribution in [1.82, 2.24) is 0 Å². The van der Waals surface area contributed by atoms with Crippen LogP contribution in [-0.2, 0) is 4.75 Å². The van der Waals surface area contributed by atoms with Crippen LogP contribution in [0.15, 0.2) is 29.6 Å². The van der Waals surface area contributed by atoms with Crippen molar-refractivity contribution in [2.24, 2.45) is 0 Å². The molecule has 0 unspecified atom stereocenters. The molecule has 0 saturated heterocycles. The summed E-state index contributed by atoms with van der Waals surface area (Å²) >= 11 is 6.38. The summed E-state index contributed by atoms with van der Waals surface area (Å²) < 4.78 is 1.30. The van der Waals surface area contributed by atoms with Crippen molar-refractivity contribution >= 4 is 34.1 Å². The highest BCUT2D eigenvalue weighted by Crippen LogP contribution is 2.36. The molecule has 0 aliphatic heterocycles. The summed E-state index contributed by atoms with van der Waals surface area (Å²) in [5.41, 5.74) is 1.33.